The number of nitrogens with one attached hydrogen (secondary N) is 1. The van der Waals surface area contributed by atoms with Crippen molar-refractivity contribution in [2.24, 2.45) is 0 Å². The van der Waals surface area contributed by atoms with Crippen molar-refractivity contribution in [1.82, 2.24) is 5.32 Å². The Balaban J connectivity index is 2.26. The monoisotopic (exact) mass is 316 g/mol. The first-order valence-electron chi connectivity index (χ1n) is 6.15. The number of benzene rings is 1. The van der Waals surface area contributed by atoms with Gasteiger partial charge in [0, 0.05) is 19.3 Å². The number of rotatable bonds is 2. The second-order valence-electron chi connectivity index (χ2n) is 4.32. The highest BCUT2D eigenvalue weighted by Gasteiger charge is 2.26. The third-order valence-electron chi connectivity index (χ3n) is 3.04. The van der Waals surface area contributed by atoms with Gasteiger partial charge in [-0.15, -0.1) is 0 Å². The maximum atomic E-state index is 11.9. The molecule has 0 bridgehead atoms. The summed E-state index contributed by atoms with van der Waals surface area (Å²) in [7, 11) is 1.49. The molecule has 2 rings (SSSR count). The minimum atomic E-state index is -1.08. The topological polar surface area (TPSA) is 58.6 Å². The molecule has 0 saturated heterocycles. The molecule has 0 radical (unpaired) electrons. The molecule has 1 aromatic rings. The number of aryl methyl sites for hydroxylation is 1. The molecule has 5 nitrogen and oxygen atoms in total. The van der Waals surface area contributed by atoms with Crippen LogP contribution in [-0.2, 0) is 11.2 Å². The number of ether oxygens (including phenoxy) is 1. The maximum absolute atomic E-state index is 11.9. The van der Waals surface area contributed by atoms with E-state index in [0.29, 0.717) is 12.3 Å². The predicted molar refractivity (Wildman–Crippen MR) is 77.7 cm³/mol. The predicted octanol–water partition coefficient (Wildman–Crippen LogP) is 2.49. The van der Waals surface area contributed by atoms with Crippen LogP contribution in [0.3, 0.4) is 0 Å². The Labute approximate surface area is 126 Å². The number of nitrogens with zero attached hydrogens (tertiary/aromatic N) is 1. The number of anilines is 1. The standard InChI is InChI=1S/C13H14Cl2N2O3/c1-16-13(19)20-9-4-5-10-8(7-9)3-2-6-17(10)12(18)11(14)15/h4-5,7,11H,2-3,6H2,1H3,(H,16,19). The molecule has 1 aliphatic rings. The van der Waals surface area contributed by atoms with Gasteiger partial charge in [0.1, 0.15) is 5.75 Å². The average Bonchev–Trinajstić information content (AvgIpc) is 2.45. The number of carbonyl (C=O) groups is 2. The molecule has 7 heteroatoms. The van der Waals surface area contributed by atoms with Gasteiger partial charge in [-0.2, -0.15) is 0 Å². The van der Waals surface area contributed by atoms with E-state index in [-0.39, 0.29) is 5.91 Å². The van der Waals surface area contributed by atoms with Gasteiger partial charge in [-0.25, -0.2) is 4.79 Å². The zero-order valence-electron chi connectivity index (χ0n) is 10.9. The molecule has 0 fully saturated rings. The van der Waals surface area contributed by atoms with Crippen LogP contribution in [0.25, 0.3) is 0 Å². The van der Waals surface area contributed by atoms with Crippen molar-refractivity contribution in [3.63, 3.8) is 0 Å². The summed E-state index contributed by atoms with van der Waals surface area (Å²) in [6.07, 6.45) is 1.08. The lowest BCUT2D eigenvalue weighted by Gasteiger charge is -2.30. The normalized spacial score (nSPS) is 13.9. The van der Waals surface area contributed by atoms with Gasteiger partial charge in [-0.05, 0) is 36.6 Å². The lowest BCUT2D eigenvalue weighted by molar-refractivity contribution is -0.117. The van der Waals surface area contributed by atoms with E-state index in [9.17, 15) is 9.59 Å². The molecule has 1 heterocycles. The zero-order valence-corrected chi connectivity index (χ0v) is 12.4. The molecular formula is C13H14Cl2N2O3. The molecule has 0 aliphatic carbocycles. The van der Waals surface area contributed by atoms with Crippen LogP contribution < -0.4 is 15.0 Å². The molecule has 1 aromatic carbocycles. The van der Waals surface area contributed by atoms with Crippen molar-refractivity contribution in [3.8, 4) is 5.75 Å². The summed E-state index contributed by atoms with van der Waals surface area (Å²) in [6.45, 7) is 0.581. The number of fused-ring (bicyclic) bond motifs is 1. The van der Waals surface area contributed by atoms with Crippen molar-refractivity contribution in [2.75, 3.05) is 18.5 Å². The fourth-order valence-corrected chi connectivity index (χ4v) is 2.38. The maximum Gasteiger partial charge on any atom is 0.412 e. The van der Waals surface area contributed by atoms with Crippen molar-refractivity contribution < 1.29 is 14.3 Å². The van der Waals surface area contributed by atoms with E-state index in [4.69, 9.17) is 27.9 Å². The second kappa shape index (κ2) is 6.33. The molecular weight excluding hydrogens is 303 g/mol. The van der Waals surface area contributed by atoms with Crippen LogP contribution in [0.4, 0.5) is 10.5 Å². The summed E-state index contributed by atoms with van der Waals surface area (Å²) in [5.74, 6) is 0.0972. The smallest absolute Gasteiger partial charge is 0.410 e. The van der Waals surface area contributed by atoms with Crippen LogP contribution in [0.5, 0.6) is 5.75 Å². The van der Waals surface area contributed by atoms with Crippen molar-refractivity contribution >= 4 is 40.9 Å². The minimum Gasteiger partial charge on any atom is -0.410 e. The van der Waals surface area contributed by atoms with E-state index in [2.05, 4.69) is 5.32 Å². The third kappa shape index (κ3) is 3.16. The Hall–Kier alpha value is -1.46. The highest BCUT2D eigenvalue weighted by atomic mass is 35.5. The second-order valence-corrected chi connectivity index (χ2v) is 5.42. The number of hydrogen-bond acceptors (Lipinski definition) is 3. The van der Waals surface area contributed by atoms with E-state index in [1.807, 2.05) is 0 Å². The van der Waals surface area contributed by atoms with Crippen molar-refractivity contribution in [2.45, 2.75) is 17.7 Å². The first kappa shape index (κ1) is 14.9. The molecule has 2 amide bonds. The first-order valence-corrected chi connectivity index (χ1v) is 7.02. The zero-order chi connectivity index (χ0) is 14.7. The Kier molecular flexibility index (Phi) is 4.73. The van der Waals surface area contributed by atoms with Crippen LogP contribution in [0.2, 0.25) is 0 Å². The Bertz CT molecular complexity index is 534. The van der Waals surface area contributed by atoms with Gasteiger partial charge in [-0.1, -0.05) is 23.2 Å². The summed E-state index contributed by atoms with van der Waals surface area (Å²) in [5, 5.41) is 2.37. The molecule has 0 spiro atoms. The number of amides is 2. The van der Waals surface area contributed by atoms with E-state index in [1.54, 1.807) is 23.1 Å². The number of carbonyl (C=O) groups excluding carboxylic acids is 2. The number of alkyl halides is 2. The summed E-state index contributed by atoms with van der Waals surface area (Å²) >= 11 is 11.3. The summed E-state index contributed by atoms with van der Waals surface area (Å²) < 4.78 is 5.07. The highest BCUT2D eigenvalue weighted by Crippen LogP contribution is 2.31. The van der Waals surface area contributed by atoms with Crippen LogP contribution in [0.1, 0.15) is 12.0 Å². The molecule has 0 aromatic heterocycles. The number of halogens is 2. The first-order chi connectivity index (χ1) is 9.52. The average molecular weight is 317 g/mol. The minimum absolute atomic E-state index is 0.339. The van der Waals surface area contributed by atoms with Gasteiger partial charge in [0.2, 0.25) is 0 Å². The molecule has 0 atom stereocenters. The van der Waals surface area contributed by atoms with Gasteiger partial charge < -0.3 is 15.0 Å². The van der Waals surface area contributed by atoms with Gasteiger partial charge >= 0.3 is 6.09 Å². The van der Waals surface area contributed by atoms with Gasteiger partial charge in [0.05, 0.1) is 0 Å². The molecule has 1 N–H and O–H groups in total. The third-order valence-corrected chi connectivity index (χ3v) is 3.41. The Morgan fingerprint density at radius 2 is 2.15 bits per heavy atom. The van der Waals surface area contributed by atoms with E-state index in [1.165, 1.54) is 7.05 Å². The lowest BCUT2D eigenvalue weighted by atomic mass is 10.0. The van der Waals surface area contributed by atoms with Crippen LogP contribution in [-0.4, -0.2) is 30.4 Å². The lowest BCUT2D eigenvalue weighted by Crippen LogP contribution is -2.38. The van der Waals surface area contributed by atoms with Crippen molar-refractivity contribution in [3.05, 3.63) is 23.8 Å². The molecule has 1 aliphatic heterocycles. The van der Waals surface area contributed by atoms with Gasteiger partial charge in [-0.3, -0.25) is 4.79 Å². The Morgan fingerprint density at radius 1 is 1.40 bits per heavy atom. The van der Waals surface area contributed by atoms with Gasteiger partial charge in [0.15, 0.2) is 4.84 Å². The van der Waals surface area contributed by atoms with Crippen molar-refractivity contribution in [1.29, 1.82) is 0 Å². The SMILES string of the molecule is CNC(=O)Oc1ccc2c(c1)CCCN2C(=O)C(Cl)Cl. The van der Waals surface area contributed by atoms with E-state index >= 15 is 0 Å². The summed E-state index contributed by atoms with van der Waals surface area (Å²) in [5.41, 5.74) is 1.69. The van der Waals surface area contributed by atoms with Gasteiger partial charge in [0.25, 0.3) is 5.91 Å². The largest absolute Gasteiger partial charge is 0.412 e. The van der Waals surface area contributed by atoms with E-state index in [0.717, 1.165) is 24.1 Å². The van der Waals surface area contributed by atoms with E-state index < -0.39 is 10.9 Å². The van der Waals surface area contributed by atoms with Crippen LogP contribution in [0.15, 0.2) is 18.2 Å². The van der Waals surface area contributed by atoms with Crippen LogP contribution >= 0.6 is 23.2 Å². The summed E-state index contributed by atoms with van der Waals surface area (Å²) in [6, 6.07) is 5.12. The fourth-order valence-electron chi connectivity index (χ4n) is 2.14. The highest BCUT2D eigenvalue weighted by molar-refractivity contribution is 6.54. The quantitative estimate of drug-likeness (QED) is 0.853. The molecule has 0 unspecified atom stereocenters. The molecule has 108 valence electrons. The fraction of sp³-hybridized carbons (Fsp3) is 0.385. The van der Waals surface area contributed by atoms with Crippen LogP contribution in [0, 0.1) is 0 Å². The molecule has 20 heavy (non-hydrogen) atoms. The Morgan fingerprint density at radius 3 is 2.80 bits per heavy atom. The molecule has 0 saturated carbocycles. The number of hydrogen-bond donors (Lipinski definition) is 1. The summed E-state index contributed by atoms with van der Waals surface area (Å²) in [4.78, 5) is 23.6.